The van der Waals surface area contributed by atoms with E-state index in [1.165, 1.54) is 6.42 Å². The lowest BCUT2D eigenvalue weighted by molar-refractivity contribution is 0.0724. The molecule has 5 heteroatoms. The highest BCUT2D eigenvalue weighted by atomic mass is 16.2. The highest BCUT2D eigenvalue weighted by molar-refractivity contribution is 5.95. The number of piperidine rings is 1. The Hall–Kier alpha value is -2.82. The highest BCUT2D eigenvalue weighted by Gasteiger charge is 2.17. The SMILES string of the molecule is Nc1cccc(C(=O)NCc2ccc(C(=O)N3CCCCC3)cc2)c1. The Balaban J connectivity index is 1.57. The summed E-state index contributed by atoms with van der Waals surface area (Å²) >= 11 is 0. The van der Waals surface area contributed by atoms with E-state index in [-0.39, 0.29) is 11.8 Å². The fraction of sp³-hybridized carbons (Fsp3) is 0.300. The van der Waals surface area contributed by atoms with Gasteiger partial charge in [0.1, 0.15) is 0 Å². The van der Waals surface area contributed by atoms with Crippen LogP contribution in [0.3, 0.4) is 0 Å². The van der Waals surface area contributed by atoms with Gasteiger partial charge in [-0.15, -0.1) is 0 Å². The number of hydrogen-bond donors (Lipinski definition) is 2. The van der Waals surface area contributed by atoms with Crippen LogP contribution < -0.4 is 11.1 Å². The van der Waals surface area contributed by atoms with E-state index in [2.05, 4.69) is 5.32 Å². The number of rotatable bonds is 4. The van der Waals surface area contributed by atoms with Crippen molar-refractivity contribution >= 4 is 17.5 Å². The predicted octanol–water partition coefficient (Wildman–Crippen LogP) is 2.82. The maximum absolute atomic E-state index is 12.4. The highest BCUT2D eigenvalue weighted by Crippen LogP contribution is 2.14. The minimum Gasteiger partial charge on any atom is -0.399 e. The number of nitrogens with two attached hydrogens (primary N) is 1. The zero-order valence-electron chi connectivity index (χ0n) is 14.2. The van der Waals surface area contributed by atoms with E-state index in [1.807, 2.05) is 29.2 Å². The Bertz CT molecular complexity index is 750. The van der Waals surface area contributed by atoms with E-state index in [0.717, 1.165) is 31.5 Å². The smallest absolute Gasteiger partial charge is 0.253 e. The number of nitrogens with one attached hydrogen (secondary N) is 1. The van der Waals surface area contributed by atoms with Crippen molar-refractivity contribution in [2.24, 2.45) is 0 Å². The van der Waals surface area contributed by atoms with E-state index in [1.54, 1.807) is 24.3 Å². The maximum Gasteiger partial charge on any atom is 0.253 e. The molecule has 0 aliphatic carbocycles. The molecule has 0 spiro atoms. The first-order valence-corrected chi connectivity index (χ1v) is 8.65. The van der Waals surface area contributed by atoms with Crippen LogP contribution in [-0.2, 0) is 6.54 Å². The monoisotopic (exact) mass is 337 g/mol. The van der Waals surface area contributed by atoms with Crippen molar-refractivity contribution in [2.45, 2.75) is 25.8 Å². The summed E-state index contributed by atoms with van der Waals surface area (Å²) < 4.78 is 0. The van der Waals surface area contributed by atoms with Crippen LogP contribution in [-0.4, -0.2) is 29.8 Å². The van der Waals surface area contributed by atoms with Gasteiger partial charge in [-0.3, -0.25) is 9.59 Å². The first-order valence-electron chi connectivity index (χ1n) is 8.65. The molecule has 2 aromatic rings. The van der Waals surface area contributed by atoms with Crippen LogP contribution in [0.5, 0.6) is 0 Å². The summed E-state index contributed by atoms with van der Waals surface area (Å²) in [5.74, 6) is -0.0733. The number of hydrogen-bond acceptors (Lipinski definition) is 3. The summed E-state index contributed by atoms with van der Waals surface area (Å²) in [5.41, 5.74) is 8.45. The van der Waals surface area contributed by atoms with Gasteiger partial charge in [0.2, 0.25) is 0 Å². The summed E-state index contributed by atoms with van der Waals surface area (Å²) in [5, 5.41) is 2.86. The van der Waals surface area contributed by atoms with Gasteiger partial charge in [-0.2, -0.15) is 0 Å². The lowest BCUT2D eigenvalue weighted by atomic mass is 10.1. The Morgan fingerprint density at radius 2 is 1.68 bits per heavy atom. The van der Waals surface area contributed by atoms with E-state index in [4.69, 9.17) is 5.73 Å². The predicted molar refractivity (Wildman–Crippen MR) is 98.2 cm³/mol. The summed E-state index contributed by atoms with van der Waals surface area (Å²) in [6.45, 7) is 2.10. The molecule has 0 radical (unpaired) electrons. The van der Waals surface area contributed by atoms with Gasteiger partial charge in [-0.25, -0.2) is 0 Å². The number of amides is 2. The molecular formula is C20H23N3O2. The van der Waals surface area contributed by atoms with Crippen LogP contribution in [0.4, 0.5) is 5.69 Å². The van der Waals surface area contributed by atoms with E-state index in [0.29, 0.717) is 23.4 Å². The molecule has 1 aliphatic heterocycles. The molecule has 130 valence electrons. The third kappa shape index (κ3) is 4.38. The number of carbonyl (C=O) groups excluding carboxylic acids is 2. The minimum atomic E-state index is -0.166. The van der Waals surface area contributed by atoms with Crippen LogP contribution in [0, 0.1) is 0 Å². The summed E-state index contributed by atoms with van der Waals surface area (Å²) in [7, 11) is 0. The van der Waals surface area contributed by atoms with Crippen molar-refractivity contribution in [3.8, 4) is 0 Å². The Labute approximate surface area is 147 Å². The fourth-order valence-electron chi connectivity index (χ4n) is 3.01. The molecule has 0 aromatic heterocycles. The molecule has 1 heterocycles. The average molecular weight is 337 g/mol. The molecule has 0 saturated carbocycles. The second-order valence-corrected chi connectivity index (χ2v) is 6.36. The van der Waals surface area contributed by atoms with Crippen molar-refractivity contribution in [3.05, 3.63) is 65.2 Å². The first kappa shape index (κ1) is 17.0. The van der Waals surface area contributed by atoms with Gasteiger partial charge >= 0.3 is 0 Å². The van der Waals surface area contributed by atoms with Crippen LogP contribution in [0.25, 0.3) is 0 Å². The second-order valence-electron chi connectivity index (χ2n) is 6.36. The molecule has 25 heavy (non-hydrogen) atoms. The minimum absolute atomic E-state index is 0.0926. The molecule has 5 nitrogen and oxygen atoms in total. The van der Waals surface area contributed by atoms with E-state index >= 15 is 0 Å². The molecule has 0 unspecified atom stereocenters. The lowest BCUT2D eigenvalue weighted by Gasteiger charge is -2.26. The molecule has 2 aromatic carbocycles. The van der Waals surface area contributed by atoms with Gasteiger partial charge in [0, 0.05) is 36.4 Å². The molecule has 1 saturated heterocycles. The molecule has 3 N–H and O–H groups in total. The van der Waals surface area contributed by atoms with Crippen molar-refractivity contribution < 1.29 is 9.59 Å². The summed E-state index contributed by atoms with van der Waals surface area (Å²) in [6, 6.07) is 14.3. The lowest BCUT2D eigenvalue weighted by Crippen LogP contribution is -2.35. The summed E-state index contributed by atoms with van der Waals surface area (Å²) in [6.07, 6.45) is 3.37. The summed E-state index contributed by atoms with van der Waals surface area (Å²) in [4.78, 5) is 26.5. The van der Waals surface area contributed by atoms with Crippen molar-refractivity contribution in [3.63, 3.8) is 0 Å². The third-order valence-corrected chi connectivity index (χ3v) is 4.45. The zero-order valence-corrected chi connectivity index (χ0v) is 14.2. The van der Waals surface area contributed by atoms with Crippen LogP contribution in [0.15, 0.2) is 48.5 Å². The molecule has 3 rings (SSSR count). The van der Waals surface area contributed by atoms with Gasteiger partial charge in [0.25, 0.3) is 11.8 Å². The van der Waals surface area contributed by atoms with Gasteiger partial charge in [-0.1, -0.05) is 18.2 Å². The Kier molecular flexibility index (Phi) is 5.33. The molecule has 1 aliphatic rings. The number of nitrogens with zero attached hydrogens (tertiary/aromatic N) is 1. The van der Waals surface area contributed by atoms with Crippen LogP contribution in [0.1, 0.15) is 45.5 Å². The second kappa shape index (κ2) is 7.83. The van der Waals surface area contributed by atoms with Gasteiger partial charge in [-0.05, 0) is 55.2 Å². The molecule has 0 atom stereocenters. The number of anilines is 1. The van der Waals surface area contributed by atoms with Gasteiger partial charge < -0.3 is 16.0 Å². The number of benzene rings is 2. The third-order valence-electron chi connectivity index (χ3n) is 4.45. The largest absolute Gasteiger partial charge is 0.399 e. The fourth-order valence-corrected chi connectivity index (χ4v) is 3.01. The first-order chi connectivity index (χ1) is 12.1. The van der Waals surface area contributed by atoms with E-state index < -0.39 is 0 Å². The standard InChI is InChI=1S/C20H23N3O2/c21-18-6-4-5-17(13-18)19(24)22-14-15-7-9-16(10-8-15)20(25)23-11-2-1-3-12-23/h4-10,13H,1-3,11-12,14,21H2,(H,22,24). The van der Waals surface area contributed by atoms with Gasteiger partial charge in [0.15, 0.2) is 0 Å². The van der Waals surface area contributed by atoms with Gasteiger partial charge in [0.05, 0.1) is 0 Å². The van der Waals surface area contributed by atoms with Crippen LogP contribution in [0.2, 0.25) is 0 Å². The molecule has 2 amide bonds. The quantitative estimate of drug-likeness (QED) is 0.843. The van der Waals surface area contributed by atoms with Crippen molar-refractivity contribution in [1.82, 2.24) is 10.2 Å². The van der Waals surface area contributed by atoms with Crippen LogP contribution >= 0.6 is 0 Å². The topological polar surface area (TPSA) is 75.4 Å². The van der Waals surface area contributed by atoms with E-state index in [9.17, 15) is 9.59 Å². The Morgan fingerprint density at radius 3 is 2.36 bits per heavy atom. The molecular weight excluding hydrogens is 314 g/mol. The molecule has 1 fully saturated rings. The number of carbonyl (C=O) groups is 2. The number of likely N-dealkylation sites (tertiary alicyclic amines) is 1. The number of nitrogen functional groups attached to an aromatic ring is 1. The normalized spacial score (nSPS) is 14.2. The van der Waals surface area contributed by atoms with Crippen molar-refractivity contribution in [1.29, 1.82) is 0 Å². The average Bonchev–Trinajstić information content (AvgIpc) is 2.66. The van der Waals surface area contributed by atoms with Crippen molar-refractivity contribution in [2.75, 3.05) is 18.8 Å². The molecule has 0 bridgehead atoms. The maximum atomic E-state index is 12.4. The zero-order chi connectivity index (χ0) is 17.6. The Morgan fingerprint density at radius 1 is 0.960 bits per heavy atom.